The van der Waals surface area contributed by atoms with Gasteiger partial charge < -0.3 is 9.84 Å². The van der Waals surface area contributed by atoms with Crippen LogP contribution in [0.1, 0.15) is 0 Å². The predicted molar refractivity (Wildman–Crippen MR) is 127 cm³/mol. The number of imidazole rings is 1. The Kier molecular flexibility index (Phi) is 5.82. The van der Waals surface area contributed by atoms with Gasteiger partial charge in [0.1, 0.15) is 5.82 Å². The van der Waals surface area contributed by atoms with Crippen molar-refractivity contribution < 1.29 is 30.9 Å². The number of pyridine rings is 2. The Bertz CT molecular complexity index is 1630. The Hall–Kier alpha value is -4.02. The zero-order valence-electron chi connectivity index (χ0n) is 17.7. The molecule has 0 bridgehead atoms. The van der Waals surface area contributed by atoms with Gasteiger partial charge in [0.2, 0.25) is 5.88 Å². The van der Waals surface area contributed by atoms with Gasteiger partial charge in [-0.15, -0.1) is 23.8 Å². The zero-order chi connectivity index (χ0) is 22.2. The van der Waals surface area contributed by atoms with E-state index in [4.69, 9.17) is 9.72 Å². The fraction of sp³-hybridized carbons (Fsp3) is 0. The Morgan fingerprint density at radius 2 is 1.50 bits per heavy atom. The summed E-state index contributed by atoms with van der Waals surface area (Å²) < 4.78 is 7.59. The Morgan fingerprint density at radius 3 is 2.41 bits per heavy atom. The Balaban J connectivity index is 0.00000241. The number of ether oxygens (including phenoxy) is 1. The molecule has 0 radical (unpaired) electrons. The van der Waals surface area contributed by atoms with Gasteiger partial charge in [-0.05, 0) is 35.3 Å². The van der Waals surface area contributed by atoms with Gasteiger partial charge >= 0.3 is 6.01 Å². The van der Waals surface area contributed by atoms with Crippen LogP contribution in [0.4, 0.5) is 0 Å². The summed E-state index contributed by atoms with van der Waals surface area (Å²) in [5, 5.41) is 11.5. The number of fused-ring (bicyclic) bond motifs is 2. The molecule has 3 aromatic heterocycles. The molecule has 0 saturated heterocycles. The topological polar surface area (TPSA) is 73.1 Å². The quantitative estimate of drug-likeness (QED) is 0.246. The van der Waals surface area contributed by atoms with Crippen LogP contribution >= 0.6 is 0 Å². The van der Waals surface area contributed by atoms with E-state index in [-0.39, 0.29) is 27.1 Å². The van der Waals surface area contributed by atoms with Crippen LogP contribution in [0.3, 0.4) is 0 Å². The van der Waals surface area contributed by atoms with Crippen LogP contribution in [-0.2, 0) is 21.1 Å². The summed E-state index contributed by atoms with van der Waals surface area (Å²) >= 11 is 0. The number of aromatic hydroxyl groups is 1. The summed E-state index contributed by atoms with van der Waals surface area (Å²) in [5.41, 5.74) is 4.02. The molecule has 0 aliphatic rings. The molecule has 6 aromatic rings. The maximum atomic E-state index is 10.4. The standard InChI is InChI=1S/C27H17N4O2.Pt/c32-27-29-23-11-3-4-12-24(23)31(27)25-13-6-14-26(30-25)33-20-9-5-8-19(17-20)22-16-15-18-7-1-2-10-21(18)28-22;/h1-16H,(H,29,32);/q-1;. The number of para-hydroxylation sites is 3. The molecule has 6 rings (SSSR count). The average Bonchev–Trinajstić information content (AvgIpc) is 3.20. The third-order valence-electron chi connectivity index (χ3n) is 5.34. The molecule has 0 aliphatic heterocycles. The maximum Gasteiger partial charge on any atom is 0.300 e. The molecule has 0 fully saturated rings. The number of benzene rings is 3. The summed E-state index contributed by atoms with van der Waals surface area (Å²) in [7, 11) is 0. The fourth-order valence-corrected chi connectivity index (χ4v) is 3.81. The van der Waals surface area contributed by atoms with E-state index < -0.39 is 0 Å². The first-order valence-electron chi connectivity index (χ1n) is 10.4. The average molecular weight is 625 g/mol. The van der Waals surface area contributed by atoms with Crippen LogP contribution in [0, 0.1) is 6.07 Å². The molecule has 0 aliphatic carbocycles. The predicted octanol–water partition coefficient (Wildman–Crippen LogP) is 5.93. The number of rotatable bonds is 4. The molecular weight excluding hydrogens is 607 g/mol. The van der Waals surface area contributed by atoms with E-state index in [1.165, 1.54) is 0 Å². The van der Waals surface area contributed by atoms with Gasteiger partial charge in [0.25, 0.3) is 0 Å². The SMILES string of the molecule is Oc1nc2ccccc2n1-c1cccc(Oc2[c-]c(-c3ccc4ccccc4n3)ccc2)n1.[Pt]. The molecule has 0 saturated carbocycles. The molecular formula is C27H17N4O2Pt-. The van der Waals surface area contributed by atoms with Crippen molar-refractivity contribution in [2.75, 3.05) is 0 Å². The van der Waals surface area contributed by atoms with Gasteiger partial charge in [0.15, 0.2) is 0 Å². The van der Waals surface area contributed by atoms with Gasteiger partial charge in [-0.3, -0.25) is 4.98 Å². The molecule has 0 spiro atoms. The van der Waals surface area contributed by atoms with Crippen LogP contribution in [0.15, 0.2) is 97.1 Å². The number of hydrogen-bond acceptors (Lipinski definition) is 5. The van der Waals surface area contributed by atoms with E-state index in [1.54, 1.807) is 16.7 Å². The second kappa shape index (κ2) is 9.08. The van der Waals surface area contributed by atoms with Crippen molar-refractivity contribution in [1.29, 1.82) is 0 Å². The van der Waals surface area contributed by atoms with Crippen molar-refractivity contribution in [2.45, 2.75) is 0 Å². The van der Waals surface area contributed by atoms with Crippen molar-refractivity contribution in [3.63, 3.8) is 0 Å². The number of aromatic nitrogens is 4. The normalized spacial score (nSPS) is 10.8. The molecule has 34 heavy (non-hydrogen) atoms. The van der Waals surface area contributed by atoms with E-state index in [0.29, 0.717) is 23.0 Å². The van der Waals surface area contributed by atoms with Gasteiger partial charge in [-0.25, -0.2) is 4.57 Å². The Morgan fingerprint density at radius 1 is 0.706 bits per heavy atom. The second-order valence-corrected chi connectivity index (χ2v) is 7.49. The minimum atomic E-state index is -0.128. The van der Waals surface area contributed by atoms with Gasteiger partial charge in [-0.2, -0.15) is 9.97 Å². The number of nitrogens with zero attached hydrogens (tertiary/aromatic N) is 4. The molecule has 0 atom stereocenters. The minimum absolute atomic E-state index is 0. The molecule has 7 heteroatoms. The smallest absolute Gasteiger partial charge is 0.300 e. The summed E-state index contributed by atoms with van der Waals surface area (Å²) in [5.74, 6) is 1.41. The minimum Gasteiger partial charge on any atom is -0.480 e. The van der Waals surface area contributed by atoms with Gasteiger partial charge in [-0.1, -0.05) is 54.6 Å². The van der Waals surface area contributed by atoms with Crippen molar-refractivity contribution in [3.8, 4) is 34.7 Å². The first kappa shape index (κ1) is 21.8. The van der Waals surface area contributed by atoms with E-state index in [2.05, 4.69) is 16.0 Å². The molecule has 3 aromatic carbocycles. The van der Waals surface area contributed by atoms with E-state index in [9.17, 15) is 5.11 Å². The molecule has 0 unspecified atom stereocenters. The van der Waals surface area contributed by atoms with E-state index in [1.807, 2.05) is 84.9 Å². The third-order valence-corrected chi connectivity index (χ3v) is 5.34. The molecule has 3 heterocycles. The van der Waals surface area contributed by atoms with E-state index >= 15 is 0 Å². The monoisotopic (exact) mass is 624 g/mol. The van der Waals surface area contributed by atoms with Crippen LogP contribution in [0.5, 0.6) is 17.6 Å². The van der Waals surface area contributed by atoms with Gasteiger partial charge in [0, 0.05) is 32.9 Å². The zero-order valence-corrected chi connectivity index (χ0v) is 20.0. The van der Waals surface area contributed by atoms with E-state index in [0.717, 1.165) is 27.7 Å². The first-order chi connectivity index (χ1) is 16.2. The molecule has 1 N–H and O–H groups in total. The first-order valence-corrected chi connectivity index (χ1v) is 10.4. The summed E-state index contributed by atoms with van der Waals surface area (Å²) in [6.45, 7) is 0. The Labute approximate surface area is 209 Å². The van der Waals surface area contributed by atoms with Crippen LogP contribution in [0.2, 0.25) is 0 Å². The third kappa shape index (κ3) is 4.04. The number of hydrogen-bond donors (Lipinski definition) is 1. The van der Waals surface area contributed by atoms with Crippen molar-refractivity contribution >= 4 is 21.9 Å². The van der Waals surface area contributed by atoms with Crippen LogP contribution in [-0.4, -0.2) is 24.6 Å². The molecule has 6 nitrogen and oxygen atoms in total. The summed E-state index contributed by atoms with van der Waals surface area (Å²) in [6.07, 6.45) is 0. The van der Waals surface area contributed by atoms with Gasteiger partial charge in [0.05, 0.1) is 16.6 Å². The molecule has 168 valence electrons. The van der Waals surface area contributed by atoms with Crippen LogP contribution < -0.4 is 4.74 Å². The van der Waals surface area contributed by atoms with Crippen molar-refractivity contribution in [1.82, 2.24) is 19.5 Å². The maximum absolute atomic E-state index is 10.4. The summed E-state index contributed by atoms with van der Waals surface area (Å²) in [6, 6.07) is 33.7. The van der Waals surface area contributed by atoms with Crippen molar-refractivity contribution in [2.24, 2.45) is 0 Å². The fourth-order valence-electron chi connectivity index (χ4n) is 3.81. The van der Waals surface area contributed by atoms with Crippen LogP contribution in [0.25, 0.3) is 39.0 Å². The molecule has 0 amide bonds. The largest absolute Gasteiger partial charge is 0.480 e. The second-order valence-electron chi connectivity index (χ2n) is 7.49. The summed E-state index contributed by atoms with van der Waals surface area (Å²) in [4.78, 5) is 13.5. The van der Waals surface area contributed by atoms with Crippen molar-refractivity contribution in [3.05, 3.63) is 103 Å².